The van der Waals surface area contributed by atoms with Crippen molar-refractivity contribution in [3.8, 4) is 11.6 Å². The molecule has 3 heterocycles. The lowest BCUT2D eigenvalue weighted by atomic mass is 10.2. The number of para-hydroxylation sites is 1. The van der Waals surface area contributed by atoms with Crippen LogP contribution in [0.3, 0.4) is 0 Å². The number of alkyl halides is 2. The average Bonchev–Trinajstić information content (AvgIpc) is 3.15. The molecule has 0 saturated carbocycles. The zero-order chi connectivity index (χ0) is 22.7. The molecule has 4 aromatic rings. The third-order valence-corrected chi connectivity index (χ3v) is 4.57. The summed E-state index contributed by atoms with van der Waals surface area (Å²) in [5.41, 5.74) is 1.36. The molecular weight excluding hydrogens is 442 g/mol. The molecule has 0 aliphatic rings. The van der Waals surface area contributed by atoms with E-state index in [4.69, 9.17) is 21.1 Å². The molecule has 1 aromatic carbocycles. The zero-order valence-corrected chi connectivity index (χ0v) is 17.6. The standard InChI is InChI=1S/C22H17ClF2N4O3/c1-22(24,25)13-31-20-17(23)9-14(10-27-20)11-29-12-16-18(28-29)7-8-26-19(16)21(30)32-15-5-3-2-4-6-15/h2-10,12H,11,13H2,1H3. The molecule has 10 heteroatoms. The van der Waals surface area contributed by atoms with Gasteiger partial charge in [-0.1, -0.05) is 29.8 Å². The Morgan fingerprint density at radius 1 is 1.19 bits per heavy atom. The van der Waals surface area contributed by atoms with Crippen molar-refractivity contribution in [3.63, 3.8) is 0 Å². The van der Waals surface area contributed by atoms with Crippen LogP contribution in [0.5, 0.6) is 11.6 Å². The number of carbonyl (C=O) groups is 1. The van der Waals surface area contributed by atoms with E-state index in [1.54, 1.807) is 47.3 Å². The number of fused-ring (bicyclic) bond motifs is 1. The number of rotatable bonds is 7. The maximum atomic E-state index is 13.0. The summed E-state index contributed by atoms with van der Waals surface area (Å²) in [4.78, 5) is 20.8. The molecule has 0 spiro atoms. The van der Waals surface area contributed by atoms with Crippen LogP contribution < -0.4 is 9.47 Å². The van der Waals surface area contributed by atoms with Gasteiger partial charge in [-0.05, 0) is 29.8 Å². The van der Waals surface area contributed by atoms with Crippen LogP contribution in [0.15, 0.2) is 61.1 Å². The SMILES string of the molecule is CC(F)(F)COc1ncc(Cn2cc3c(C(=O)Oc4ccccc4)nccc3n2)cc1Cl. The number of hydrogen-bond acceptors (Lipinski definition) is 6. The van der Waals surface area contributed by atoms with E-state index in [1.807, 2.05) is 6.07 Å². The van der Waals surface area contributed by atoms with Crippen molar-refractivity contribution in [1.29, 1.82) is 0 Å². The molecule has 0 aliphatic heterocycles. The number of carbonyl (C=O) groups excluding carboxylic acids is 1. The van der Waals surface area contributed by atoms with Gasteiger partial charge in [0.25, 0.3) is 5.92 Å². The van der Waals surface area contributed by atoms with Crippen molar-refractivity contribution >= 4 is 28.5 Å². The van der Waals surface area contributed by atoms with Gasteiger partial charge in [0.05, 0.1) is 17.4 Å². The van der Waals surface area contributed by atoms with Crippen molar-refractivity contribution in [2.75, 3.05) is 6.61 Å². The monoisotopic (exact) mass is 458 g/mol. The molecule has 0 amide bonds. The molecule has 7 nitrogen and oxygen atoms in total. The van der Waals surface area contributed by atoms with Crippen molar-refractivity contribution in [2.24, 2.45) is 0 Å². The van der Waals surface area contributed by atoms with Crippen LogP contribution in [0.25, 0.3) is 10.9 Å². The summed E-state index contributed by atoms with van der Waals surface area (Å²) in [7, 11) is 0. The van der Waals surface area contributed by atoms with Gasteiger partial charge >= 0.3 is 5.97 Å². The third kappa shape index (κ3) is 5.17. The number of hydrogen-bond donors (Lipinski definition) is 0. The zero-order valence-electron chi connectivity index (χ0n) is 16.8. The summed E-state index contributed by atoms with van der Waals surface area (Å²) in [5, 5.41) is 5.08. The summed E-state index contributed by atoms with van der Waals surface area (Å²) in [5.74, 6) is -3.25. The van der Waals surface area contributed by atoms with Crippen molar-refractivity contribution < 1.29 is 23.0 Å². The second-order valence-electron chi connectivity index (χ2n) is 7.11. The number of aromatic nitrogens is 4. The molecule has 0 unspecified atom stereocenters. The minimum Gasteiger partial charge on any atom is -0.470 e. The van der Waals surface area contributed by atoms with E-state index < -0.39 is 18.5 Å². The van der Waals surface area contributed by atoms with E-state index in [0.29, 0.717) is 22.2 Å². The van der Waals surface area contributed by atoms with Crippen LogP contribution in [-0.2, 0) is 6.54 Å². The third-order valence-electron chi connectivity index (χ3n) is 4.30. The Balaban J connectivity index is 1.53. The topological polar surface area (TPSA) is 79.1 Å². The molecule has 0 saturated heterocycles. The first-order valence-corrected chi connectivity index (χ1v) is 9.91. The van der Waals surface area contributed by atoms with Crippen LogP contribution in [-0.4, -0.2) is 38.2 Å². The molecule has 4 rings (SSSR count). The summed E-state index contributed by atoms with van der Waals surface area (Å²) < 4.78 is 37.9. The average molecular weight is 459 g/mol. The largest absolute Gasteiger partial charge is 0.470 e. The van der Waals surface area contributed by atoms with Crippen LogP contribution in [0.4, 0.5) is 8.78 Å². The molecular formula is C22H17ClF2N4O3. The van der Waals surface area contributed by atoms with Gasteiger partial charge in [-0.25, -0.2) is 23.5 Å². The van der Waals surface area contributed by atoms with E-state index in [2.05, 4.69) is 15.1 Å². The molecule has 3 aromatic heterocycles. The second-order valence-corrected chi connectivity index (χ2v) is 7.52. The first kappa shape index (κ1) is 21.6. The van der Waals surface area contributed by atoms with E-state index in [1.165, 1.54) is 12.4 Å². The van der Waals surface area contributed by atoms with Crippen LogP contribution in [0, 0.1) is 0 Å². The highest BCUT2D eigenvalue weighted by atomic mass is 35.5. The molecule has 0 radical (unpaired) electrons. The van der Waals surface area contributed by atoms with Gasteiger partial charge in [-0.15, -0.1) is 0 Å². The van der Waals surface area contributed by atoms with E-state index in [0.717, 1.165) is 6.92 Å². The molecule has 164 valence electrons. The highest BCUT2D eigenvalue weighted by Crippen LogP contribution is 2.25. The summed E-state index contributed by atoms with van der Waals surface area (Å²) in [6, 6.07) is 11.9. The van der Waals surface area contributed by atoms with Gasteiger partial charge in [0, 0.05) is 25.5 Å². The molecule has 0 N–H and O–H groups in total. The number of halogens is 3. The number of nitrogens with zero attached hydrogens (tertiary/aromatic N) is 4. The smallest absolute Gasteiger partial charge is 0.363 e. The minimum absolute atomic E-state index is 0.0716. The quantitative estimate of drug-likeness (QED) is 0.293. The Kier molecular flexibility index (Phi) is 6.00. The maximum absolute atomic E-state index is 13.0. The van der Waals surface area contributed by atoms with Gasteiger partial charge in [0.2, 0.25) is 5.88 Å². The molecule has 32 heavy (non-hydrogen) atoms. The van der Waals surface area contributed by atoms with Gasteiger partial charge in [-0.2, -0.15) is 5.10 Å². The fourth-order valence-electron chi connectivity index (χ4n) is 2.92. The Bertz CT molecular complexity index is 1260. The van der Waals surface area contributed by atoms with Crippen molar-refractivity contribution in [3.05, 3.63) is 77.3 Å². The highest BCUT2D eigenvalue weighted by Gasteiger charge is 2.23. The molecule has 0 atom stereocenters. The van der Waals surface area contributed by atoms with Crippen molar-refractivity contribution in [1.82, 2.24) is 19.7 Å². The summed E-state index contributed by atoms with van der Waals surface area (Å²) >= 11 is 6.11. The molecule has 0 fully saturated rings. The first-order valence-electron chi connectivity index (χ1n) is 9.53. The van der Waals surface area contributed by atoms with Gasteiger partial charge in [-0.3, -0.25) is 4.68 Å². The maximum Gasteiger partial charge on any atom is 0.363 e. The number of benzene rings is 1. The van der Waals surface area contributed by atoms with Gasteiger partial charge in [0.15, 0.2) is 12.3 Å². The Hall–Kier alpha value is -3.59. The molecule has 0 aliphatic carbocycles. The Morgan fingerprint density at radius 2 is 1.97 bits per heavy atom. The Labute approximate surface area is 186 Å². The van der Waals surface area contributed by atoms with Crippen LogP contribution >= 0.6 is 11.6 Å². The fraction of sp³-hybridized carbons (Fsp3) is 0.182. The van der Waals surface area contributed by atoms with E-state index >= 15 is 0 Å². The normalized spacial score (nSPS) is 11.5. The number of pyridine rings is 2. The fourth-order valence-corrected chi connectivity index (χ4v) is 3.16. The number of esters is 1. The van der Waals surface area contributed by atoms with E-state index in [-0.39, 0.29) is 23.1 Å². The highest BCUT2D eigenvalue weighted by molar-refractivity contribution is 6.31. The van der Waals surface area contributed by atoms with Crippen LogP contribution in [0.1, 0.15) is 23.0 Å². The summed E-state index contributed by atoms with van der Waals surface area (Å²) in [6.07, 6.45) is 4.61. The lowest BCUT2D eigenvalue weighted by Gasteiger charge is -2.12. The van der Waals surface area contributed by atoms with E-state index in [9.17, 15) is 13.6 Å². The minimum atomic E-state index is -2.99. The predicted octanol–water partition coefficient (Wildman–Crippen LogP) is 4.78. The summed E-state index contributed by atoms with van der Waals surface area (Å²) in [6.45, 7) is 0.202. The predicted molar refractivity (Wildman–Crippen MR) is 113 cm³/mol. The first-order chi connectivity index (χ1) is 15.3. The lowest BCUT2D eigenvalue weighted by molar-refractivity contribution is -0.0242. The Morgan fingerprint density at radius 3 is 2.69 bits per heavy atom. The molecule has 0 bridgehead atoms. The number of ether oxygens (including phenoxy) is 2. The van der Waals surface area contributed by atoms with Gasteiger partial charge in [0.1, 0.15) is 10.8 Å². The van der Waals surface area contributed by atoms with Crippen molar-refractivity contribution in [2.45, 2.75) is 19.4 Å². The lowest BCUT2D eigenvalue weighted by Crippen LogP contribution is -2.21. The second kappa shape index (κ2) is 8.88. The van der Waals surface area contributed by atoms with Gasteiger partial charge < -0.3 is 9.47 Å². The van der Waals surface area contributed by atoms with Crippen LogP contribution in [0.2, 0.25) is 5.02 Å².